The number of pyridine rings is 2. The van der Waals surface area contributed by atoms with Crippen LogP contribution in [0.1, 0.15) is 37.4 Å². The Kier molecular flexibility index (Phi) is 6.15. The molecule has 1 aliphatic rings. The average Bonchev–Trinajstić information content (AvgIpc) is 2.88. The van der Waals surface area contributed by atoms with Crippen LogP contribution in [0.25, 0.3) is 21.9 Å². The third-order valence-corrected chi connectivity index (χ3v) is 6.55. The van der Waals surface area contributed by atoms with Gasteiger partial charge in [0.25, 0.3) is 0 Å². The molecule has 1 aromatic carbocycles. The zero-order valence-electron chi connectivity index (χ0n) is 20.1. The van der Waals surface area contributed by atoms with Gasteiger partial charge < -0.3 is 15.1 Å². The molecule has 0 spiro atoms. The van der Waals surface area contributed by atoms with Crippen LogP contribution in [0.3, 0.4) is 0 Å². The van der Waals surface area contributed by atoms with Gasteiger partial charge in [-0.2, -0.15) is 0 Å². The number of anilines is 2. The fraction of sp³-hybridized carbons (Fsp3) is 0.346. The summed E-state index contributed by atoms with van der Waals surface area (Å²) in [5, 5.41) is 4.37. The monoisotopic (exact) mass is 473 g/mol. The molecule has 35 heavy (non-hydrogen) atoms. The minimum Gasteiger partial charge on any atom is -0.361 e. The van der Waals surface area contributed by atoms with Gasteiger partial charge in [0, 0.05) is 55.8 Å². The molecule has 5 rings (SSSR count). The minimum absolute atomic E-state index is 0.159. The number of carbonyl (C=O) groups is 1. The Morgan fingerprint density at radius 3 is 2.69 bits per heavy atom. The Morgan fingerprint density at radius 2 is 1.91 bits per heavy atom. The molecule has 9 heteroatoms. The first-order valence-electron chi connectivity index (χ1n) is 11.9. The van der Waals surface area contributed by atoms with Crippen LogP contribution in [0.2, 0.25) is 0 Å². The predicted octanol–water partition coefficient (Wildman–Crippen LogP) is 4.25. The van der Waals surface area contributed by atoms with E-state index in [1.807, 2.05) is 30.0 Å². The number of fused-ring (bicyclic) bond motifs is 2. The van der Waals surface area contributed by atoms with Crippen LogP contribution < -0.4 is 10.2 Å². The Bertz CT molecular complexity index is 1400. The summed E-state index contributed by atoms with van der Waals surface area (Å²) in [6, 6.07) is 8.98. The van der Waals surface area contributed by atoms with Crippen molar-refractivity contribution in [1.29, 1.82) is 0 Å². The molecule has 8 nitrogen and oxygen atoms in total. The number of hydrogen-bond acceptors (Lipinski definition) is 7. The van der Waals surface area contributed by atoms with Crippen molar-refractivity contribution in [3.63, 3.8) is 0 Å². The fourth-order valence-electron chi connectivity index (χ4n) is 4.56. The van der Waals surface area contributed by atoms with Crippen molar-refractivity contribution in [2.75, 3.05) is 36.4 Å². The lowest BCUT2D eigenvalue weighted by Crippen LogP contribution is -2.49. The van der Waals surface area contributed by atoms with Gasteiger partial charge >= 0.3 is 0 Å². The van der Waals surface area contributed by atoms with Crippen molar-refractivity contribution in [1.82, 2.24) is 24.8 Å². The number of piperazine rings is 1. The number of aryl methyl sites for hydroxylation is 1. The van der Waals surface area contributed by atoms with Crippen LogP contribution in [0.15, 0.2) is 42.9 Å². The number of rotatable bonds is 5. The van der Waals surface area contributed by atoms with E-state index in [4.69, 9.17) is 4.98 Å². The Morgan fingerprint density at radius 1 is 1.11 bits per heavy atom. The van der Waals surface area contributed by atoms with Gasteiger partial charge in [-0.15, -0.1) is 0 Å². The van der Waals surface area contributed by atoms with Crippen molar-refractivity contribution < 1.29 is 9.18 Å². The van der Waals surface area contributed by atoms with E-state index in [0.29, 0.717) is 55.0 Å². The predicted molar refractivity (Wildman–Crippen MR) is 135 cm³/mol. The maximum absolute atomic E-state index is 14.4. The molecule has 1 unspecified atom stereocenters. The van der Waals surface area contributed by atoms with E-state index in [9.17, 15) is 9.18 Å². The third kappa shape index (κ3) is 4.45. The molecule has 1 fully saturated rings. The maximum Gasteiger partial charge on any atom is 0.222 e. The molecule has 1 N–H and O–H groups in total. The molecule has 0 saturated carbocycles. The van der Waals surface area contributed by atoms with E-state index < -0.39 is 0 Å². The first kappa shape index (κ1) is 22.9. The van der Waals surface area contributed by atoms with Crippen molar-refractivity contribution >= 4 is 39.5 Å². The maximum atomic E-state index is 14.4. The Hall–Kier alpha value is -3.88. The summed E-state index contributed by atoms with van der Waals surface area (Å²) < 4.78 is 14.4. The molecule has 4 heterocycles. The van der Waals surface area contributed by atoms with Crippen molar-refractivity contribution in [2.45, 2.75) is 33.2 Å². The SMILES string of the molecule is CCC(=O)N1CCN(c2nc3cc(F)c(C)cc3cc2C(C)Nc2ncnc3cccnc23)CC1. The Labute approximate surface area is 203 Å². The summed E-state index contributed by atoms with van der Waals surface area (Å²) in [7, 11) is 0. The molecule has 0 radical (unpaired) electrons. The highest BCUT2D eigenvalue weighted by Gasteiger charge is 2.25. The number of carbonyl (C=O) groups excluding carboxylic acids is 1. The summed E-state index contributed by atoms with van der Waals surface area (Å²) in [5.74, 6) is 1.32. The first-order chi connectivity index (χ1) is 16.9. The molecule has 0 bridgehead atoms. The van der Waals surface area contributed by atoms with E-state index in [1.54, 1.807) is 13.1 Å². The summed E-state index contributed by atoms with van der Waals surface area (Å²) in [5.41, 5.74) is 3.62. The number of nitrogens with one attached hydrogen (secondary N) is 1. The van der Waals surface area contributed by atoms with Crippen LogP contribution in [-0.4, -0.2) is 56.9 Å². The van der Waals surface area contributed by atoms with Crippen LogP contribution >= 0.6 is 0 Å². The largest absolute Gasteiger partial charge is 0.361 e. The number of halogens is 1. The highest BCUT2D eigenvalue weighted by Crippen LogP contribution is 2.32. The zero-order valence-corrected chi connectivity index (χ0v) is 20.1. The van der Waals surface area contributed by atoms with E-state index >= 15 is 0 Å². The summed E-state index contributed by atoms with van der Waals surface area (Å²) >= 11 is 0. The van der Waals surface area contributed by atoms with Gasteiger partial charge in [-0.1, -0.05) is 6.92 Å². The van der Waals surface area contributed by atoms with Gasteiger partial charge in [0.05, 0.1) is 17.1 Å². The van der Waals surface area contributed by atoms with Gasteiger partial charge in [-0.3, -0.25) is 9.78 Å². The third-order valence-electron chi connectivity index (χ3n) is 6.55. The number of benzene rings is 1. The molecule has 1 atom stereocenters. The quantitative estimate of drug-likeness (QED) is 0.464. The van der Waals surface area contributed by atoms with E-state index in [1.165, 1.54) is 12.4 Å². The van der Waals surface area contributed by atoms with Crippen LogP contribution in [0, 0.1) is 12.7 Å². The average molecular weight is 474 g/mol. The Balaban J connectivity index is 1.53. The highest BCUT2D eigenvalue weighted by atomic mass is 19.1. The van der Waals surface area contributed by atoms with E-state index in [0.717, 1.165) is 22.3 Å². The molecule has 1 saturated heterocycles. The topological polar surface area (TPSA) is 87.1 Å². The van der Waals surface area contributed by atoms with Gasteiger partial charge in [0.1, 0.15) is 23.5 Å². The second kappa shape index (κ2) is 9.40. The molecular weight excluding hydrogens is 445 g/mol. The molecular formula is C26H28FN7O. The normalized spacial score (nSPS) is 15.0. The van der Waals surface area contributed by atoms with Gasteiger partial charge in [-0.25, -0.2) is 19.3 Å². The highest BCUT2D eigenvalue weighted by molar-refractivity contribution is 5.86. The smallest absolute Gasteiger partial charge is 0.222 e. The molecule has 4 aromatic rings. The standard InChI is InChI=1S/C26H28FN7O/c1-4-23(35)33-8-10-34(11-9-33)26-19(13-18-12-16(2)20(27)14-22(18)32-26)17(3)31-25-24-21(29-15-30-25)6-5-7-28-24/h5-7,12-15,17H,4,8-11H2,1-3H3,(H,29,30,31). The summed E-state index contributed by atoms with van der Waals surface area (Å²) in [4.78, 5) is 34.3. The lowest BCUT2D eigenvalue weighted by molar-refractivity contribution is -0.131. The minimum atomic E-state index is -0.272. The molecule has 0 aliphatic carbocycles. The van der Waals surface area contributed by atoms with Crippen LogP contribution in [-0.2, 0) is 4.79 Å². The molecule has 3 aromatic heterocycles. The van der Waals surface area contributed by atoms with Crippen molar-refractivity contribution in [2.24, 2.45) is 0 Å². The first-order valence-corrected chi connectivity index (χ1v) is 11.9. The second-order valence-electron chi connectivity index (χ2n) is 8.88. The number of nitrogens with zero attached hydrogens (tertiary/aromatic N) is 6. The second-order valence-corrected chi connectivity index (χ2v) is 8.88. The molecule has 1 amide bonds. The van der Waals surface area contributed by atoms with Crippen LogP contribution in [0.5, 0.6) is 0 Å². The van der Waals surface area contributed by atoms with Gasteiger partial charge in [0.2, 0.25) is 5.91 Å². The summed E-state index contributed by atoms with van der Waals surface area (Å²) in [6.07, 6.45) is 3.74. The van der Waals surface area contributed by atoms with Crippen molar-refractivity contribution in [3.05, 3.63) is 59.8 Å². The lowest BCUT2D eigenvalue weighted by atomic mass is 10.0. The number of hydrogen-bond donors (Lipinski definition) is 1. The van der Waals surface area contributed by atoms with Gasteiger partial charge in [-0.05, 0) is 43.7 Å². The summed E-state index contributed by atoms with van der Waals surface area (Å²) in [6.45, 7) is 8.29. The van der Waals surface area contributed by atoms with Gasteiger partial charge in [0.15, 0.2) is 5.82 Å². The molecule has 1 aliphatic heterocycles. The van der Waals surface area contributed by atoms with E-state index in [2.05, 4.69) is 38.2 Å². The van der Waals surface area contributed by atoms with Crippen molar-refractivity contribution in [3.8, 4) is 0 Å². The zero-order chi connectivity index (χ0) is 24.5. The lowest BCUT2D eigenvalue weighted by Gasteiger charge is -2.37. The number of aromatic nitrogens is 4. The van der Waals surface area contributed by atoms with Crippen LogP contribution in [0.4, 0.5) is 16.0 Å². The van der Waals surface area contributed by atoms with E-state index in [-0.39, 0.29) is 17.8 Å². The fourth-order valence-corrected chi connectivity index (χ4v) is 4.56. The number of amides is 1. The molecule has 180 valence electrons.